The molecule has 16 heavy (non-hydrogen) atoms. The van der Waals surface area contributed by atoms with E-state index in [1.807, 2.05) is 36.4 Å². The molecule has 0 radical (unpaired) electrons. The van der Waals surface area contributed by atoms with Gasteiger partial charge in [0.25, 0.3) is 0 Å². The van der Waals surface area contributed by atoms with E-state index in [2.05, 4.69) is 26.9 Å². The first-order valence-electron chi connectivity index (χ1n) is 5.22. The Hall–Kier alpha value is -1.69. The fourth-order valence-electron chi connectivity index (χ4n) is 1.35. The highest BCUT2D eigenvalue weighted by atomic mass is 15.6. The second-order valence-corrected chi connectivity index (χ2v) is 3.31. The molecule has 2 heterocycles. The van der Waals surface area contributed by atoms with Crippen LogP contribution in [0.15, 0.2) is 35.4 Å². The summed E-state index contributed by atoms with van der Waals surface area (Å²) in [5.41, 5.74) is 13.6. The van der Waals surface area contributed by atoms with Crippen molar-refractivity contribution in [3.8, 4) is 0 Å². The van der Waals surface area contributed by atoms with Crippen LogP contribution in [0.2, 0.25) is 0 Å². The Morgan fingerprint density at radius 1 is 1.06 bits per heavy atom. The normalized spacial score (nSPS) is 16.8. The van der Waals surface area contributed by atoms with Crippen LogP contribution < -0.4 is 21.8 Å². The molecule has 0 amide bonds. The summed E-state index contributed by atoms with van der Waals surface area (Å²) in [5, 5.41) is 3.95. The van der Waals surface area contributed by atoms with Gasteiger partial charge in [0.15, 0.2) is 0 Å². The molecule has 1 fully saturated rings. The standard InChI is InChI=1S/C9H8N2.C2H7N3/c1-2-6-9-8(4-1)5-3-7-10-11-9;1-2-4-5-3-1/h1-7,11H;3-5H,1-2H2. The van der Waals surface area contributed by atoms with E-state index in [0.29, 0.717) is 0 Å². The predicted molar refractivity (Wildman–Crippen MR) is 66.7 cm³/mol. The first-order chi connectivity index (χ1) is 7.97. The van der Waals surface area contributed by atoms with Gasteiger partial charge in [-0.2, -0.15) is 10.6 Å². The minimum Gasteiger partial charge on any atom is -0.278 e. The molecule has 2 aliphatic heterocycles. The molecule has 5 heteroatoms. The Morgan fingerprint density at radius 2 is 1.88 bits per heavy atom. The van der Waals surface area contributed by atoms with Crippen molar-refractivity contribution in [2.75, 3.05) is 18.5 Å². The molecule has 1 aromatic carbocycles. The van der Waals surface area contributed by atoms with Crippen LogP contribution in [-0.2, 0) is 0 Å². The highest BCUT2D eigenvalue weighted by Gasteiger charge is 1.96. The van der Waals surface area contributed by atoms with Gasteiger partial charge in [-0.05, 0) is 17.7 Å². The van der Waals surface area contributed by atoms with Crippen LogP contribution >= 0.6 is 0 Å². The lowest BCUT2D eigenvalue weighted by molar-refractivity contribution is 0.592. The van der Waals surface area contributed by atoms with E-state index in [1.165, 1.54) is 5.56 Å². The molecule has 0 spiro atoms. The van der Waals surface area contributed by atoms with Gasteiger partial charge in [-0.25, -0.2) is 10.9 Å². The molecule has 0 aliphatic carbocycles. The lowest BCUT2D eigenvalue weighted by Crippen LogP contribution is -2.29. The van der Waals surface area contributed by atoms with Crippen molar-refractivity contribution < 1.29 is 0 Å². The van der Waals surface area contributed by atoms with Crippen LogP contribution in [-0.4, -0.2) is 19.3 Å². The van der Waals surface area contributed by atoms with Gasteiger partial charge in [-0.1, -0.05) is 24.3 Å². The average Bonchev–Trinajstić information content (AvgIpc) is 2.81. The highest BCUT2D eigenvalue weighted by Crippen LogP contribution is 2.17. The van der Waals surface area contributed by atoms with E-state index in [9.17, 15) is 0 Å². The minimum absolute atomic E-state index is 1.03. The van der Waals surface area contributed by atoms with Crippen LogP contribution in [0.5, 0.6) is 0 Å². The summed E-state index contributed by atoms with van der Waals surface area (Å²) >= 11 is 0. The number of para-hydroxylation sites is 1. The molecule has 4 N–H and O–H groups in total. The number of hydrazone groups is 1. The minimum atomic E-state index is 1.03. The molecule has 1 saturated heterocycles. The lowest BCUT2D eigenvalue weighted by atomic mass is 10.2. The highest BCUT2D eigenvalue weighted by molar-refractivity contribution is 5.83. The zero-order valence-electron chi connectivity index (χ0n) is 8.90. The number of hydrazine groups is 2. The van der Waals surface area contributed by atoms with Crippen molar-refractivity contribution in [1.29, 1.82) is 0 Å². The molecular formula is C11H15N5. The number of benzene rings is 1. The van der Waals surface area contributed by atoms with E-state index in [0.717, 1.165) is 18.8 Å². The zero-order chi connectivity index (χ0) is 11.1. The third-order valence-corrected chi connectivity index (χ3v) is 2.13. The Morgan fingerprint density at radius 3 is 2.62 bits per heavy atom. The maximum atomic E-state index is 3.95. The number of nitrogens with one attached hydrogen (secondary N) is 4. The van der Waals surface area contributed by atoms with Crippen molar-refractivity contribution in [3.05, 3.63) is 35.9 Å². The molecule has 0 unspecified atom stereocenters. The molecule has 0 bridgehead atoms. The number of allylic oxidation sites excluding steroid dienone is 1. The Kier molecular flexibility index (Phi) is 4.07. The molecule has 0 aromatic heterocycles. The Labute approximate surface area is 94.6 Å². The monoisotopic (exact) mass is 217 g/mol. The Bertz CT molecular complexity index is 374. The van der Waals surface area contributed by atoms with E-state index in [1.54, 1.807) is 6.21 Å². The van der Waals surface area contributed by atoms with Gasteiger partial charge < -0.3 is 0 Å². The molecule has 1 aromatic rings. The van der Waals surface area contributed by atoms with Crippen molar-refractivity contribution in [2.45, 2.75) is 0 Å². The van der Waals surface area contributed by atoms with Crippen LogP contribution in [0.4, 0.5) is 5.69 Å². The van der Waals surface area contributed by atoms with Crippen LogP contribution in [0.1, 0.15) is 5.56 Å². The fourth-order valence-corrected chi connectivity index (χ4v) is 1.35. The molecule has 0 atom stereocenters. The number of nitrogens with zero attached hydrogens (tertiary/aromatic N) is 1. The first-order valence-corrected chi connectivity index (χ1v) is 5.22. The molecular weight excluding hydrogens is 202 g/mol. The van der Waals surface area contributed by atoms with Crippen molar-refractivity contribution >= 4 is 18.0 Å². The Balaban J connectivity index is 0.000000162. The van der Waals surface area contributed by atoms with Crippen molar-refractivity contribution in [1.82, 2.24) is 16.4 Å². The summed E-state index contributed by atoms with van der Waals surface area (Å²) < 4.78 is 0. The zero-order valence-corrected chi connectivity index (χ0v) is 8.90. The topological polar surface area (TPSA) is 60.5 Å². The lowest BCUT2D eigenvalue weighted by Gasteiger charge is -2.00. The second kappa shape index (κ2) is 6.02. The number of hydrogen-bond acceptors (Lipinski definition) is 5. The van der Waals surface area contributed by atoms with Gasteiger partial charge in [0, 0.05) is 19.3 Å². The van der Waals surface area contributed by atoms with Crippen molar-refractivity contribution in [2.24, 2.45) is 5.10 Å². The van der Waals surface area contributed by atoms with Gasteiger partial charge in [-0.3, -0.25) is 5.43 Å². The van der Waals surface area contributed by atoms with E-state index in [-0.39, 0.29) is 0 Å². The third-order valence-electron chi connectivity index (χ3n) is 2.13. The summed E-state index contributed by atoms with van der Waals surface area (Å²) in [4.78, 5) is 0. The summed E-state index contributed by atoms with van der Waals surface area (Å²) in [5.74, 6) is 0. The van der Waals surface area contributed by atoms with Gasteiger partial charge in [0.1, 0.15) is 0 Å². The number of fused-ring (bicyclic) bond motifs is 1. The largest absolute Gasteiger partial charge is 0.278 e. The van der Waals surface area contributed by atoms with Gasteiger partial charge in [0.05, 0.1) is 5.69 Å². The molecule has 84 valence electrons. The van der Waals surface area contributed by atoms with Crippen LogP contribution in [0.25, 0.3) is 6.08 Å². The number of hydrogen-bond donors (Lipinski definition) is 4. The van der Waals surface area contributed by atoms with Crippen LogP contribution in [0, 0.1) is 0 Å². The molecule has 0 saturated carbocycles. The molecule has 2 aliphatic rings. The van der Waals surface area contributed by atoms with Crippen LogP contribution in [0.3, 0.4) is 0 Å². The van der Waals surface area contributed by atoms with E-state index >= 15 is 0 Å². The molecule has 5 nitrogen and oxygen atoms in total. The summed E-state index contributed by atoms with van der Waals surface area (Å²) in [6.07, 6.45) is 5.68. The maximum absolute atomic E-state index is 3.95. The maximum Gasteiger partial charge on any atom is 0.0634 e. The quantitative estimate of drug-likeness (QED) is 0.517. The number of anilines is 1. The van der Waals surface area contributed by atoms with Gasteiger partial charge in [0.2, 0.25) is 0 Å². The van der Waals surface area contributed by atoms with E-state index in [4.69, 9.17) is 0 Å². The van der Waals surface area contributed by atoms with E-state index < -0.39 is 0 Å². The van der Waals surface area contributed by atoms with Gasteiger partial charge in [-0.15, -0.1) is 0 Å². The summed E-state index contributed by atoms with van der Waals surface area (Å²) in [6, 6.07) is 8.05. The second-order valence-electron chi connectivity index (χ2n) is 3.31. The molecule has 3 rings (SSSR count). The summed E-state index contributed by atoms with van der Waals surface area (Å²) in [6.45, 7) is 2.06. The third kappa shape index (κ3) is 3.16. The van der Waals surface area contributed by atoms with Crippen molar-refractivity contribution in [3.63, 3.8) is 0 Å². The predicted octanol–water partition coefficient (Wildman–Crippen LogP) is 0.710. The van der Waals surface area contributed by atoms with Gasteiger partial charge >= 0.3 is 0 Å². The average molecular weight is 217 g/mol. The smallest absolute Gasteiger partial charge is 0.0634 e. The summed E-state index contributed by atoms with van der Waals surface area (Å²) in [7, 11) is 0. The first kappa shape index (κ1) is 10.8. The fraction of sp³-hybridized carbons (Fsp3) is 0.182. The number of rotatable bonds is 0. The SMILES string of the molecule is C1=Cc2ccccc2NN=C1.C1CNNN1.